The number of rotatable bonds is 4. The molecule has 1 aromatic heterocycles. The molecule has 1 aliphatic heterocycles. The Balaban J connectivity index is 1.65. The zero-order chi connectivity index (χ0) is 12.4. The van der Waals surface area contributed by atoms with Gasteiger partial charge in [-0.3, -0.25) is 4.68 Å². The normalized spacial score (nSPS) is 17.9. The van der Waals surface area contributed by atoms with E-state index in [4.69, 9.17) is 0 Å². The molecule has 0 spiro atoms. The van der Waals surface area contributed by atoms with Crippen LogP contribution < -0.4 is 5.32 Å². The van der Waals surface area contributed by atoms with Crippen molar-refractivity contribution in [2.24, 2.45) is 0 Å². The summed E-state index contributed by atoms with van der Waals surface area (Å²) in [6.07, 6.45) is 3.15. The number of nitrogens with zero attached hydrogens (tertiary/aromatic N) is 3. The van der Waals surface area contributed by atoms with Gasteiger partial charge in [-0.2, -0.15) is 0 Å². The molecule has 0 amide bonds. The van der Waals surface area contributed by atoms with Gasteiger partial charge in [0.05, 0.1) is 12.2 Å². The monoisotopic (exact) mass is 260 g/mol. The molecule has 3 rings (SSSR count). The molecular weight excluding hydrogens is 244 g/mol. The summed E-state index contributed by atoms with van der Waals surface area (Å²) in [6.45, 7) is 1.70. The molecule has 94 valence electrons. The fraction of sp³-hybridized carbons (Fsp3) is 0.385. The van der Waals surface area contributed by atoms with Gasteiger partial charge in [0.25, 0.3) is 0 Å². The minimum Gasteiger partial charge on any atom is -0.314 e. The number of thioether (sulfide) groups is 1. The summed E-state index contributed by atoms with van der Waals surface area (Å²) in [5.74, 6) is 0. The van der Waals surface area contributed by atoms with Gasteiger partial charge >= 0.3 is 0 Å². The van der Waals surface area contributed by atoms with Crippen molar-refractivity contribution in [2.75, 3.05) is 7.05 Å². The van der Waals surface area contributed by atoms with Crippen LogP contribution in [0.1, 0.15) is 11.3 Å². The average molecular weight is 260 g/mol. The van der Waals surface area contributed by atoms with E-state index in [1.807, 2.05) is 29.7 Å². The molecule has 1 unspecified atom stereocenters. The first kappa shape index (κ1) is 11.7. The Morgan fingerprint density at radius 2 is 2.33 bits per heavy atom. The van der Waals surface area contributed by atoms with Crippen molar-refractivity contribution >= 4 is 11.8 Å². The third-order valence-corrected chi connectivity index (χ3v) is 4.35. The first-order valence-electron chi connectivity index (χ1n) is 6.13. The Kier molecular flexibility index (Phi) is 3.34. The van der Waals surface area contributed by atoms with Gasteiger partial charge in [0.1, 0.15) is 0 Å². The smallest absolute Gasteiger partial charge is 0.0964 e. The topological polar surface area (TPSA) is 42.7 Å². The molecule has 0 radical (unpaired) electrons. The number of nitrogens with one attached hydrogen (secondary N) is 1. The van der Waals surface area contributed by atoms with Crippen molar-refractivity contribution < 1.29 is 0 Å². The molecule has 18 heavy (non-hydrogen) atoms. The number of benzene rings is 1. The van der Waals surface area contributed by atoms with E-state index in [0.29, 0.717) is 5.25 Å². The number of hydrogen-bond donors (Lipinski definition) is 1. The Bertz CT molecular complexity index is 512. The number of hydrogen-bond acceptors (Lipinski definition) is 4. The maximum Gasteiger partial charge on any atom is 0.0964 e. The first-order valence-corrected chi connectivity index (χ1v) is 7.01. The quantitative estimate of drug-likeness (QED) is 0.909. The van der Waals surface area contributed by atoms with Crippen LogP contribution in [0.25, 0.3) is 0 Å². The molecular formula is C13H16N4S. The summed E-state index contributed by atoms with van der Waals surface area (Å²) in [5.41, 5.74) is 2.46. The molecule has 2 heterocycles. The fourth-order valence-corrected chi connectivity index (χ4v) is 3.56. The van der Waals surface area contributed by atoms with Crippen LogP contribution in [-0.2, 0) is 19.5 Å². The SMILES string of the molecule is CNCc1cn(CC2Cc3ccccc3S2)nn1. The lowest BCUT2D eigenvalue weighted by Gasteiger charge is -2.06. The Morgan fingerprint density at radius 3 is 3.17 bits per heavy atom. The summed E-state index contributed by atoms with van der Waals surface area (Å²) >= 11 is 1.95. The van der Waals surface area contributed by atoms with Crippen LogP contribution >= 0.6 is 11.8 Å². The van der Waals surface area contributed by atoms with Gasteiger partial charge < -0.3 is 5.32 Å². The van der Waals surface area contributed by atoms with Crippen LogP contribution in [0.2, 0.25) is 0 Å². The zero-order valence-electron chi connectivity index (χ0n) is 10.3. The Morgan fingerprint density at radius 1 is 1.44 bits per heavy atom. The highest BCUT2D eigenvalue weighted by atomic mass is 32.2. The van der Waals surface area contributed by atoms with Crippen molar-refractivity contribution in [2.45, 2.75) is 29.7 Å². The van der Waals surface area contributed by atoms with Crippen LogP contribution in [0.15, 0.2) is 35.4 Å². The van der Waals surface area contributed by atoms with Crippen LogP contribution in [0.5, 0.6) is 0 Å². The lowest BCUT2D eigenvalue weighted by molar-refractivity contribution is 0.572. The summed E-state index contributed by atoms with van der Waals surface area (Å²) in [4.78, 5) is 1.41. The van der Waals surface area contributed by atoms with E-state index >= 15 is 0 Å². The second-order valence-corrected chi connectivity index (χ2v) is 5.86. The summed E-state index contributed by atoms with van der Waals surface area (Å²) in [7, 11) is 1.92. The van der Waals surface area contributed by atoms with Gasteiger partial charge in [-0.25, -0.2) is 0 Å². The maximum absolute atomic E-state index is 4.17. The van der Waals surface area contributed by atoms with Crippen molar-refractivity contribution in [1.82, 2.24) is 20.3 Å². The van der Waals surface area contributed by atoms with Crippen molar-refractivity contribution in [3.8, 4) is 0 Å². The van der Waals surface area contributed by atoms with E-state index in [-0.39, 0.29) is 0 Å². The largest absolute Gasteiger partial charge is 0.314 e. The molecule has 0 bridgehead atoms. The average Bonchev–Trinajstić information content (AvgIpc) is 2.96. The second-order valence-electron chi connectivity index (χ2n) is 4.51. The second kappa shape index (κ2) is 5.12. The molecule has 1 aliphatic rings. The van der Waals surface area contributed by atoms with Crippen molar-refractivity contribution in [3.05, 3.63) is 41.7 Å². The van der Waals surface area contributed by atoms with E-state index in [1.54, 1.807) is 0 Å². The maximum atomic E-state index is 4.17. The first-order chi connectivity index (χ1) is 8.85. The molecule has 1 aromatic carbocycles. The molecule has 4 nitrogen and oxygen atoms in total. The van der Waals surface area contributed by atoms with Gasteiger partial charge in [0, 0.05) is 22.9 Å². The van der Waals surface area contributed by atoms with E-state index < -0.39 is 0 Å². The van der Waals surface area contributed by atoms with Gasteiger partial charge in [0.15, 0.2) is 0 Å². The van der Waals surface area contributed by atoms with E-state index in [1.165, 1.54) is 10.5 Å². The third kappa shape index (κ3) is 2.42. The van der Waals surface area contributed by atoms with Gasteiger partial charge in [-0.15, -0.1) is 16.9 Å². The molecule has 1 N–H and O–H groups in total. The highest BCUT2D eigenvalue weighted by molar-refractivity contribution is 8.00. The molecule has 0 fully saturated rings. The fourth-order valence-electron chi connectivity index (χ4n) is 2.25. The molecule has 0 saturated heterocycles. The zero-order valence-corrected chi connectivity index (χ0v) is 11.2. The van der Waals surface area contributed by atoms with Gasteiger partial charge in [-0.1, -0.05) is 23.4 Å². The van der Waals surface area contributed by atoms with E-state index in [2.05, 4.69) is 39.9 Å². The standard InChI is InChI=1S/C13H16N4S/c1-14-7-11-8-17(16-15-11)9-12-6-10-4-2-3-5-13(10)18-12/h2-5,8,12,14H,6-7,9H2,1H3. The van der Waals surface area contributed by atoms with E-state index in [9.17, 15) is 0 Å². The highest BCUT2D eigenvalue weighted by Gasteiger charge is 2.22. The molecule has 0 aliphatic carbocycles. The summed E-state index contributed by atoms with van der Waals surface area (Å²) in [6, 6.07) is 8.64. The lowest BCUT2D eigenvalue weighted by atomic mass is 10.1. The number of aromatic nitrogens is 3. The predicted octanol–water partition coefficient (Wildman–Crippen LogP) is 1.71. The minimum absolute atomic E-state index is 0.575. The molecule has 1 atom stereocenters. The molecule has 5 heteroatoms. The molecule has 2 aromatic rings. The Labute approximate surface area is 111 Å². The Hall–Kier alpha value is -1.33. The van der Waals surface area contributed by atoms with Crippen molar-refractivity contribution in [3.63, 3.8) is 0 Å². The minimum atomic E-state index is 0.575. The third-order valence-electron chi connectivity index (χ3n) is 3.05. The van der Waals surface area contributed by atoms with Gasteiger partial charge in [0.2, 0.25) is 0 Å². The lowest BCUT2D eigenvalue weighted by Crippen LogP contribution is -2.12. The van der Waals surface area contributed by atoms with Crippen LogP contribution in [0.4, 0.5) is 0 Å². The summed E-state index contributed by atoms with van der Waals surface area (Å²) < 4.78 is 1.95. The predicted molar refractivity (Wildman–Crippen MR) is 72.6 cm³/mol. The van der Waals surface area contributed by atoms with Crippen LogP contribution in [0, 0.1) is 0 Å². The van der Waals surface area contributed by atoms with Crippen LogP contribution in [0.3, 0.4) is 0 Å². The molecule has 0 saturated carbocycles. The van der Waals surface area contributed by atoms with Crippen LogP contribution in [-0.4, -0.2) is 27.3 Å². The van der Waals surface area contributed by atoms with Crippen molar-refractivity contribution in [1.29, 1.82) is 0 Å². The number of fused-ring (bicyclic) bond motifs is 1. The summed E-state index contributed by atoms with van der Waals surface area (Å²) in [5, 5.41) is 12.0. The van der Waals surface area contributed by atoms with Gasteiger partial charge in [-0.05, 0) is 25.1 Å². The highest BCUT2D eigenvalue weighted by Crippen LogP contribution is 2.37. The van der Waals surface area contributed by atoms with E-state index in [0.717, 1.165) is 25.2 Å².